The molecule has 2 rings (SSSR count). The number of nitrogens with zero attached hydrogens (tertiary/aromatic N) is 3. The summed E-state index contributed by atoms with van der Waals surface area (Å²) < 4.78 is 27.1. The minimum atomic E-state index is -3.96. The second-order valence-corrected chi connectivity index (χ2v) is 6.17. The minimum Gasteiger partial charge on any atom is -0.397 e. The van der Waals surface area contributed by atoms with E-state index >= 15 is 0 Å². The number of aromatic nitrogens is 2. The quantitative estimate of drug-likeness (QED) is 0.861. The first-order chi connectivity index (χ1) is 9.44. The first kappa shape index (κ1) is 14.2. The summed E-state index contributed by atoms with van der Waals surface area (Å²) in [5, 5.41) is 8.89. The third kappa shape index (κ3) is 2.87. The van der Waals surface area contributed by atoms with Gasteiger partial charge in [0.15, 0.2) is 11.5 Å². The highest BCUT2D eigenvalue weighted by Gasteiger charge is 2.21. The molecule has 0 aliphatic rings. The average Bonchev–Trinajstić information content (AvgIpc) is 2.42. The third-order valence-electron chi connectivity index (χ3n) is 2.26. The fourth-order valence-electron chi connectivity index (χ4n) is 1.40. The van der Waals surface area contributed by atoms with Crippen LogP contribution in [0.1, 0.15) is 5.69 Å². The van der Waals surface area contributed by atoms with E-state index in [2.05, 4.69) is 30.6 Å². The van der Waals surface area contributed by atoms with Crippen molar-refractivity contribution in [3.8, 4) is 6.07 Å². The zero-order chi connectivity index (χ0) is 14.8. The SMILES string of the molecule is N#Cc1ncccc1S(=O)(=O)Nc1ncc(N)cc1Br. The van der Waals surface area contributed by atoms with Gasteiger partial charge in [0.05, 0.1) is 16.4 Å². The topological polar surface area (TPSA) is 122 Å². The molecule has 2 aromatic heterocycles. The van der Waals surface area contributed by atoms with Crippen LogP contribution in [0.25, 0.3) is 0 Å². The van der Waals surface area contributed by atoms with Crippen molar-refractivity contribution in [3.05, 3.63) is 40.8 Å². The summed E-state index contributed by atoms with van der Waals surface area (Å²) in [4.78, 5) is 7.37. The molecule has 0 aromatic carbocycles. The van der Waals surface area contributed by atoms with Gasteiger partial charge in [0.2, 0.25) is 0 Å². The molecule has 7 nitrogen and oxygen atoms in total. The molecular weight excluding hydrogens is 346 g/mol. The van der Waals surface area contributed by atoms with E-state index in [9.17, 15) is 8.42 Å². The van der Waals surface area contributed by atoms with Crippen molar-refractivity contribution >= 4 is 37.5 Å². The molecule has 0 spiro atoms. The van der Waals surface area contributed by atoms with E-state index < -0.39 is 10.0 Å². The van der Waals surface area contributed by atoms with E-state index in [0.717, 1.165) is 0 Å². The second-order valence-electron chi connectivity index (χ2n) is 3.67. The van der Waals surface area contributed by atoms with E-state index in [4.69, 9.17) is 11.0 Å². The van der Waals surface area contributed by atoms with Crippen molar-refractivity contribution in [2.45, 2.75) is 4.90 Å². The van der Waals surface area contributed by atoms with Crippen LogP contribution >= 0.6 is 15.9 Å². The lowest BCUT2D eigenvalue weighted by molar-refractivity contribution is 0.600. The number of sulfonamides is 1. The van der Waals surface area contributed by atoms with Gasteiger partial charge in [-0.1, -0.05) is 0 Å². The minimum absolute atomic E-state index is 0.0759. The Morgan fingerprint density at radius 1 is 1.40 bits per heavy atom. The Hall–Kier alpha value is -2.18. The van der Waals surface area contributed by atoms with Crippen molar-refractivity contribution in [2.75, 3.05) is 10.5 Å². The Morgan fingerprint density at radius 3 is 2.80 bits per heavy atom. The molecule has 3 N–H and O–H groups in total. The Balaban J connectivity index is 2.44. The van der Waals surface area contributed by atoms with E-state index in [1.165, 1.54) is 30.6 Å². The summed E-state index contributed by atoms with van der Waals surface area (Å²) in [6.45, 7) is 0. The van der Waals surface area contributed by atoms with Gasteiger partial charge in [-0.05, 0) is 34.1 Å². The van der Waals surface area contributed by atoms with Gasteiger partial charge < -0.3 is 5.73 Å². The lowest BCUT2D eigenvalue weighted by Gasteiger charge is -2.09. The maximum Gasteiger partial charge on any atom is 0.265 e. The number of hydrogen-bond donors (Lipinski definition) is 2. The van der Waals surface area contributed by atoms with Crippen LogP contribution in [0.4, 0.5) is 11.5 Å². The highest BCUT2D eigenvalue weighted by atomic mass is 79.9. The van der Waals surface area contributed by atoms with Crippen LogP contribution in [0.3, 0.4) is 0 Å². The van der Waals surface area contributed by atoms with Crippen molar-refractivity contribution < 1.29 is 8.42 Å². The fourth-order valence-corrected chi connectivity index (χ4v) is 3.14. The molecule has 0 radical (unpaired) electrons. The number of anilines is 2. The van der Waals surface area contributed by atoms with E-state index in [1.54, 1.807) is 6.07 Å². The Kier molecular flexibility index (Phi) is 3.87. The summed E-state index contributed by atoms with van der Waals surface area (Å²) >= 11 is 3.16. The molecular formula is C11H8BrN5O2S. The maximum atomic E-state index is 12.2. The highest BCUT2D eigenvalue weighted by Crippen LogP contribution is 2.25. The maximum absolute atomic E-state index is 12.2. The predicted octanol–water partition coefficient (Wildman–Crippen LogP) is 1.49. The van der Waals surface area contributed by atoms with Gasteiger partial charge in [-0.15, -0.1) is 0 Å². The van der Waals surface area contributed by atoms with Crippen LogP contribution in [-0.4, -0.2) is 18.4 Å². The van der Waals surface area contributed by atoms with E-state index in [0.29, 0.717) is 10.2 Å². The molecule has 2 heterocycles. The van der Waals surface area contributed by atoms with Crippen LogP contribution in [-0.2, 0) is 10.0 Å². The van der Waals surface area contributed by atoms with Gasteiger partial charge in [-0.25, -0.2) is 18.4 Å². The first-order valence-electron chi connectivity index (χ1n) is 5.23. The number of nitriles is 1. The molecule has 0 amide bonds. The molecule has 20 heavy (non-hydrogen) atoms. The molecule has 0 aliphatic carbocycles. The lowest BCUT2D eigenvalue weighted by atomic mass is 10.4. The molecule has 2 aromatic rings. The zero-order valence-corrected chi connectivity index (χ0v) is 12.3. The van der Waals surface area contributed by atoms with Crippen LogP contribution in [0.2, 0.25) is 0 Å². The predicted molar refractivity (Wildman–Crippen MR) is 76.1 cm³/mol. The second kappa shape index (κ2) is 5.44. The Bertz CT molecular complexity index is 801. The molecule has 0 saturated carbocycles. The molecule has 0 atom stereocenters. The fraction of sp³-hybridized carbons (Fsp3) is 0. The van der Waals surface area contributed by atoms with Crippen LogP contribution < -0.4 is 10.5 Å². The molecule has 0 saturated heterocycles. The molecule has 0 aliphatic heterocycles. The number of rotatable bonds is 3. The first-order valence-corrected chi connectivity index (χ1v) is 7.50. The lowest BCUT2D eigenvalue weighted by Crippen LogP contribution is -2.16. The Labute approximate surface area is 123 Å². The smallest absolute Gasteiger partial charge is 0.265 e. The number of nitrogens with one attached hydrogen (secondary N) is 1. The van der Waals surface area contributed by atoms with E-state index in [-0.39, 0.29) is 16.4 Å². The van der Waals surface area contributed by atoms with Crippen molar-refractivity contribution in [2.24, 2.45) is 0 Å². The normalized spacial score (nSPS) is 10.8. The summed E-state index contributed by atoms with van der Waals surface area (Å²) in [6.07, 6.45) is 2.66. The molecule has 0 bridgehead atoms. The monoisotopic (exact) mass is 353 g/mol. The van der Waals surface area contributed by atoms with Gasteiger partial charge >= 0.3 is 0 Å². The largest absolute Gasteiger partial charge is 0.397 e. The number of hydrogen-bond acceptors (Lipinski definition) is 6. The van der Waals surface area contributed by atoms with Crippen molar-refractivity contribution in [1.29, 1.82) is 5.26 Å². The van der Waals surface area contributed by atoms with Gasteiger partial charge in [-0.2, -0.15) is 5.26 Å². The van der Waals surface area contributed by atoms with Gasteiger partial charge in [0.25, 0.3) is 10.0 Å². The van der Waals surface area contributed by atoms with Gasteiger partial charge in [-0.3, -0.25) is 4.72 Å². The van der Waals surface area contributed by atoms with Crippen LogP contribution in [0.15, 0.2) is 40.0 Å². The van der Waals surface area contributed by atoms with Crippen molar-refractivity contribution in [3.63, 3.8) is 0 Å². The van der Waals surface area contributed by atoms with Crippen LogP contribution in [0, 0.1) is 11.3 Å². The molecule has 9 heteroatoms. The number of nitrogens with two attached hydrogens (primary N) is 1. The molecule has 0 unspecified atom stereocenters. The number of pyridine rings is 2. The highest BCUT2D eigenvalue weighted by molar-refractivity contribution is 9.10. The molecule has 102 valence electrons. The standard InChI is InChI=1S/C11H8BrN5O2S/c12-8-4-7(14)6-16-11(8)17-20(18,19)10-2-1-3-15-9(10)5-13/h1-4,6H,14H2,(H,16,17). The van der Waals surface area contributed by atoms with Crippen molar-refractivity contribution in [1.82, 2.24) is 9.97 Å². The van der Waals surface area contributed by atoms with Gasteiger partial charge in [0.1, 0.15) is 11.0 Å². The average molecular weight is 354 g/mol. The van der Waals surface area contributed by atoms with E-state index in [1.807, 2.05) is 0 Å². The van der Waals surface area contributed by atoms with Crippen LogP contribution in [0.5, 0.6) is 0 Å². The van der Waals surface area contributed by atoms with Gasteiger partial charge in [0, 0.05) is 6.20 Å². The number of nitrogen functional groups attached to an aromatic ring is 1. The molecule has 0 fully saturated rings. The summed E-state index contributed by atoms with van der Waals surface area (Å²) in [6, 6.07) is 5.96. The third-order valence-corrected chi connectivity index (χ3v) is 4.23. The Morgan fingerprint density at radius 2 is 2.15 bits per heavy atom. The number of halogens is 1. The summed E-state index contributed by atoms with van der Waals surface area (Å²) in [5.74, 6) is 0.0759. The zero-order valence-electron chi connectivity index (χ0n) is 9.91. The summed E-state index contributed by atoms with van der Waals surface area (Å²) in [7, 11) is -3.96. The summed E-state index contributed by atoms with van der Waals surface area (Å²) in [5.41, 5.74) is 5.72.